The van der Waals surface area contributed by atoms with Gasteiger partial charge in [-0.1, -0.05) is 31.5 Å². The third-order valence-electron chi connectivity index (χ3n) is 3.60. The van der Waals surface area contributed by atoms with E-state index in [1.54, 1.807) is 18.2 Å². The minimum absolute atomic E-state index is 0.0537. The number of halogens is 1. The number of hydrogen-bond acceptors (Lipinski definition) is 3. The molecule has 0 saturated carbocycles. The first kappa shape index (κ1) is 19.1. The molecule has 0 saturated heterocycles. The second-order valence-electron chi connectivity index (χ2n) is 5.59. The number of carbonyl (C=O) groups is 1. The molecule has 134 valence electrons. The highest BCUT2D eigenvalue weighted by atomic mass is 32.2. The quantitative estimate of drug-likeness (QED) is 0.707. The van der Waals surface area contributed by atoms with Crippen molar-refractivity contribution in [3.63, 3.8) is 0 Å². The minimum Gasteiger partial charge on any atom is -0.348 e. The van der Waals surface area contributed by atoms with E-state index in [1.807, 2.05) is 6.92 Å². The molecule has 0 aliphatic rings. The van der Waals surface area contributed by atoms with Crippen molar-refractivity contribution >= 4 is 15.9 Å². The van der Waals surface area contributed by atoms with Crippen molar-refractivity contribution in [2.24, 2.45) is 0 Å². The standard InChI is InChI=1S/C18H21FN2O3S/c1-2-3-11-21-25(23,24)17-6-4-5-15(12-17)18(22)20-13-14-7-9-16(19)10-8-14/h4-10,12,21H,2-3,11,13H2,1H3,(H,20,22). The van der Waals surface area contributed by atoms with Crippen LogP contribution < -0.4 is 10.0 Å². The van der Waals surface area contributed by atoms with Gasteiger partial charge in [0.05, 0.1) is 4.90 Å². The maximum Gasteiger partial charge on any atom is 0.251 e. The molecule has 2 N–H and O–H groups in total. The van der Waals surface area contributed by atoms with Crippen LogP contribution in [0.4, 0.5) is 4.39 Å². The Labute approximate surface area is 147 Å². The fourth-order valence-electron chi connectivity index (χ4n) is 2.16. The number of unbranched alkanes of at least 4 members (excludes halogenated alkanes) is 1. The molecule has 0 spiro atoms. The summed E-state index contributed by atoms with van der Waals surface area (Å²) in [5, 5.41) is 2.69. The van der Waals surface area contributed by atoms with E-state index in [9.17, 15) is 17.6 Å². The van der Waals surface area contributed by atoms with Gasteiger partial charge in [0.25, 0.3) is 5.91 Å². The van der Waals surface area contributed by atoms with Crippen LogP contribution in [0.15, 0.2) is 53.4 Å². The summed E-state index contributed by atoms with van der Waals surface area (Å²) in [5.74, 6) is -0.738. The molecule has 0 atom stereocenters. The minimum atomic E-state index is -3.63. The normalized spacial score (nSPS) is 11.3. The van der Waals surface area contributed by atoms with E-state index >= 15 is 0 Å². The van der Waals surface area contributed by atoms with Gasteiger partial charge in [-0.3, -0.25) is 4.79 Å². The van der Waals surface area contributed by atoms with E-state index in [2.05, 4.69) is 10.0 Å². The lowest BCUT2D eigenvalue weighted by Gasteiger charge is -2.09. The number of sulfonamides is 1. The van der Waals surface area contributed by atoms with Crippen molar-refractivity contribution in [3.8, 4) is 0 Å². The summed E-state index contributed by atoms with van der Waals surface area (Å²) >= 11 is 0. The van der Waals surface area contributed by atoms with E-state index in [1.165, 1.54) is 30.3 Å². The summed E-state index contributed by atoms with van der Waals surface area (Å²) in [6.07, 6.45) is 1.63. The highest BCUT2D eigenvalue weighted by Crippen LogP contribution is 2.12. The van der Waals surface area contributed by atoms with Gasteiger partial charge in [-0.25, -0.2) is 17.5 Å². The monoisotopic (exact) mass is 364 g/mol. The zero-order valence-corrected chi connectivity index (χ0v) is 14.8. The van der Waals surface area contributed by atoms with Gasteiger partial charge in [0.15, 0.2) is 0 Å². The molecular formula is C18H21FN2O3S. The van der Waals surface area contributed by atoms with Gasteiger partial charge >= 0.3 is 0 Å². The summed E-state index contributed by atoms with van der Waals surface area (Å²) < 4.78 is 39.8. The molecule has 0 aromatic heterocycles. The third-order valence-corrected chi connectivity index (χ3v) is 5.05. The Hall–Kier alpha value is -2.25. The number of rotatable bonds is 8. The Bertz CT molecular complexity index is 820. The lowest BCUT2D eigenvalue weighted by atomic mass is 10.2. The Morgan fingerprint density at radius 1 is 1.12 bits per heavy atom. The highest BCUT2D eigenvalue weighted by molar-refractivity contribution is 7.89. The van der Waals surface area contributed by atoms with Crippen molar-refractivity contribution in [3.05, 3.63) is 65.5 Å². The highest BCUT2D eigenvalue weighted by Gasteiger charge is 2.15. The van der Waals surface area contributed by atoms with E-state index < -0.39 is 15.9 Å². The van der Waals surface area contributed by atoms with Crippen LogP contribution in [0.25, 0.3) is 0 Å². The van der Waals surface area contributed by atoms with E-state index in [0.717, 1.165) is 18.4 Å². The molecule has 5 nitrogen and oxygen atoms in total. The van der Waals surface area contributed by atoms with Crippen LogP contribution >= 0.6 is 0 Å². The number of hydrogen-bond donors (Lipinski definition) is 2. The molecule has 2 aromatic carbocycles. The van der Waals surface area contributed by atoms with Crippen LogP contribution in [0.3, 0.4) is 0 Å². The van der Waals surface area contributed by atoms with Crippen molar-refractivity contribution in [2.75, 3.05) is 6.54 Å². The number of carbonyl (C=O) groups excluding carboxylic acids is 1. The summed E-state index contributed by atoms with van der Waals surface area (Å²) in [4.78, 5) is 12.3. The molecule has 7 heteroatoms. The molecule has 0 unspecified atom stereocenters. The van der Waals surface area contributed by atoms with Gasteiger partial charge in [-0.2, -0.15) is 0 Å². The van der Waals surface area contributed by atoms with Crippen molar-refractivity contribution in [2.45, 2.75) is 31.2 Å². The second kappa shape index (κ2) is 8.73. The molecule has 0 bridgehead atoms. The molecule has 2 rings (SSSR count). The zero-order chi connectivity index (χ0) is 18.3. The second-order valence-corrected chi connectivity index (χ2v) is 7.36. The number of nitrogens with one attached hydrogen (secondary N) is 2. The van der Waals surface area contributed by atoms with Gasteiger partial charge < -0.3 is 5.32 Å². The molecule has 0 aliphatic carbocycles. The van der Waals surface area contributed by atoms with Crippen LogP contribution in [0.1, 0.15) is 35.7 Å². The van der Waals surface area contributed by atoms with Gasteiger partial charge in [-0.15, -0.1) is 0 Å². The molecule has 2 aromatic rings. The maximum atomic E-state index is 12.9. The van der Waals surface area contributed by atoms with Crippen LogP contribution in [0.2, 0.25) is 0 Å². The average Bonchev–Trinajstić information content (AvgIpc) is 2.61. The molecule has 0 fully saturated rings. The Kier molecular flexibility index (Phi) is 6.66. The van der Waals surface area contributed by atoms with Gasteiger partial charge in [0.1, 0.15) is 5.82 Å². The Morgan fingerprint density at radius 3 is 2.52 bits per heavy atom. The van der Waals surface area contributed by atoms with Crippen molar-refractivity contribution in [1.82, 2.24) is 10.0 Å². The van der Waals surface area contributed by atoms with Gasteiger partial charge in [-0.05, 0) is 42.3 Å². The maximum absolute atomic E-state index is 12.9. The first-order valence-electron chi connectivity index (χ1n) is 8.05. The molecule has 0 aliphatic heterocycles. The molecule has 25 heavy (non-hydrogen) atoms. The fourth-order valence-corrected chi connectivity index (χ4v) is 3.28. The van der Waals surface area contributed by atoms with E-state index in [0.29, 0.717) is 6.54 Å². The smallest absolute Gasteiger partial charge is 0.251 e. The topological polar surface area (TPSA) is 75.3 Å². The van der Waals surface area contributed by atoms with Gasteiger partial charge in [0, 0.05) is 18.7 Å². The first-order chi connectivity index (χ1) is 11.9. The predicted molar refractivity (Wildman–Crippen MR) is 94.1 cm³/mol. The predicted octanol–water partition coefficient (Wildman–Crippen LogP) is 2.83. The van der Waals surface area contributed by atoms with Crippen LogP contribution in [-0.2, 0) is 16.6 Å². The fraction of sp³-hybridized carbons (Fsp3) is 0.278. The summed E-state index contributed by atoms with van der Waals surface area (Å²) in [7, 11) is -3.63. The molecule has 0 radical (unpaired) electrons. The summed E-state index contributed by atoms with van der Waals surface area (Å²) in [6.45, 7) is 2.56. The SMILES string of the molecule is CCCCNS(=O)(=O)c1cccc(C(=O)NCc2ccc(F)cc2)c1. The Balaban J connectivity index is 2.04. The van der Waals surface area contributed by atoms with Crippen molar-refractivity contribution < 1.29 is 17.6 Å². The van der Waals surface area contributed by atoms with E-state index in [4.69, 9.17) is 0 Å². The van der Waals surface area contributed by atoms with Crippen molar-refractivity contribution in [1.29, 1.82) is 0 Å². The molecule has 0 heterocycles. The molecular weight excluding hydrogens is 343 g/mol. The van der Waals surface area contributed by atoms with E-state index in [-0.39, 0.29) is 22.8 Å². The number of benzene rings is 2. The zero-order valence-electron chi connectivity index (χ0n) is 14.0. The van der Waals surface area contributed by atoms with Crippen LogP contribution in [0, 0.1) is 5.82 Å². The third kappa shape index (κ3) is 5.65. The lowest BCUT2D eigenvalue weighted by Crippen LogP contribution is -2.26. The Morgan fingerprint density at radius 2 is 1.84 bits per heavy atom. The van der Waals surface area contributed by atoms with Crippen LogP contribution in [-0.4, -0.2) is 20.9 Å². The average molecular weight is 364 g/mol. The first-order valence-corrected chi connectivity index (χ1v) is 9.53. The lowest BCUT2D eigenvalue weighted by molar-refractivity contribution is 0.0950. The molecule has 1 amide bonds. The van der Waals surface area contributed by atoms with Gasteiger partial charge in [0.2, 0.25) is 10.0 Å². The largest absolute Gasteiger partial charge is 0.348 e. The summed E-state index contributed by atoms with van der Waals surface area (Å²) in [5.41, 5.74) is 1.00. The van der Waals surface area contributed by atoms with Crippen LogP contribution in [0.5, 0.6) is 0 Å². The summed E-state index contributed by atoms with van der Waals surface area (Å²) in [6, 6.07) is 11.7. The number of amides is 1.